The summed E-state index contributed by atoms with van der Waals surface area (Å²) >= 11 is 0. The van der Waals surface area contributed by atoms with Gasteiger partial charge in [-0.25, -0.2) is 4.79 Å². The van der Waals surface area contributed by atoms with Crippen molar-refractivity contribution in [1.82, 2.24) is 14.7 Å². The van der Waals surface area contributed by atoms with Crippen LogP contribution in [-0.2, 0) is 7.05 Å². The van der Waals surface area contributed by atoms with Crippen molar-refractivity contribution in [2.24, 2.45) is 7.05 Å². The van der Waals surface area contributed by atoms with Gasteiger partial charge in [0.05, 0.1) is 5.56 Å². The molecule has 120 valence electrons. The molecule has 23 heavy (non-hydrogen) atoms. The number of carboxylic acid groups (broad SMARTS) is 1. The lowest BCUT2D eigenvalue weighted by Crippen LogP contribution is -2.39. The largest absolute Gasteiger partial charge is 0.478 e. The number of carbonyl (C=O) groups excluding carboxylic acids is 1. The maximum absolute atomic E-state index is 12.5. The molecule has 6 nitrogen and oxygen atoms in total. The Balaban J connectivity index is 1.77. The minimum Gasteiger partial charge on any atom is -0.478 e. The number of nitrogens with zero attached hydrogens (tertiary/aromatic N) is 3. The molecule has 0 radical (unpaired) electrons. The molecule has 0 aliphatic carbocycles. The summed E-state index contributed by atoms with van der Waals surface area (Å²) in [6.45, 7) is 1.31. The number of likely N-dealkylation sites (tertiary alicyclic amines) is 1. The number of piperidine rings is 1. The number of aryl methyl sites for hydroxylation is 1. The van der Waals surface area contributed by atoms with Gasteiger partial charge in [-0.2, -0.15) is 5.10 Å². The van der Waals surface area contributed by atoms with Gasteiger partial charge in [-0.1, -0.05) is 12.1 Å². The van der Waals surface area contributed by atoms with Gasteiger partial charge in [0.15, 0.2) is 0 Å². The molecule has 1 fully saturated rings. The van der Waals surface area contributed by atoms with E-state index in [-0.39, 0.29) is 17.4 Å². The number of hydrogen-bond donors (Lipinski definition) is 1. The highest BCUT2D eigenvalue weighted by atomic mass is 16.4. The van der Waals surface area contributed by atoms with Gasteiger partial charge < -0.3 is 10.0 Å². The molecule has 1 aromatic heterocycles. The molecule has 3 rings (SSSR count). The van der Waals surface area contributed by atoms with E-state index in [0.717, 1.165) is 18.4 Å². The highest BCUT2D eigenvalue weighted by Gasteiger charge is 2.26. The van der Waals surface area contributed by atoms with E-state index in [0.29, 0.717) is 18.8 Å². The number of aromatic carboxylic acids is 1. The monoisotopic (exact) mass is 313 g/mol. The number of carboxylic acids is 1. The van der Waals surface area contributed by atoms with Gasteiger partial charge >= 0.3 is 5.97 Å². The molecular formula is C17H19N3O3. The molecule has 1 atom stereocenters. The van der Waals surface area contributed by atoms with Crippen molar-refractivity contribution in [1.29, 1.82) is 0 Å². The minimum atomic E-state index is -0.927. The second kappa shape index (κ2) is 6.24. The van der Waals surface area contributed by atoms with Crippen molar-refractivity contribution >= 4 is 11.9 Å². The van der Waals surface area contributed by atoms with Crippen LogP contribution in [0.3, 0.4) is 0 Å². The maximum Gasteiger partial charge on any atom is 0.335 e. The van der Waals surface area contributed by atoms with E-state index in [1.807, 2.05) is 11.0 Å². The highest BCUT2D eigenvalue weighted by molar-refractivity contribution is 5.92. The number of carbonyl (C=O) groups is 2. The fourth-order valence-corrected chi connectivity index (χ4v) is 3.05. The van der Waals surface area contributed by atoms with Gasteiger partial charge in [0.1, 0.15) is 5.69 Å². The van der Waals surface area contributed by atoms with E-state index in [4.69, 9.17) is 5.11 Å². The van der Waals surface area contributed by atoms with E-state index in [1.54, 1.807) is 42.2 Å². The van der Waals surface area contributed by atoms with Crippen LogP contribution in [0.5, 0.6) is 0 Å². The predicted molar refractivity (Wildman–Crippen MR) is 84.5 cm³/mol. The Kier molecular flexibility index (Phi) is 4.14. The molecule has 6 heteroatoms. The molecule has 1 aromatic carbocycles. The van der Waals surface area contributed by atoms with Crippen molar-refractivity contribution < 1.29 is 14.7 Å². The van der Waals surface area contributed by atoms with E-state index in [1.165, 1.54) is 0 Å². The van der Waals surface area contributed by atoms with Gasteiger partial charge in [-0.05, 0) is 36.6 Å². The SMILES string of the molecule is Cn1ccc(C(=O)N2CCCC(c3cccc(C(=O)O)c3)C2)n1. The first-order valence-corrected chi connectivity index (χ1v) is 7.67. The molecule has 1 unspecified atom stereocenters. The van der Waals surface area contributed by atoms with Crippen molar-refractivity contribution in [3.8, 4) is 0 Å². The summed E-state index contributed by atoms with van der Waals surface area (Å²) in [5.41, 5.74) is 1.71. The molecular weight excluding hydrogens is 294 g/mol. The van der Waals surface area contributed by atoms with Crippen LogP contribution in [0.15, 0.2) is 36.5 Å². The molecule has 1 aliphatic heterocycles. The van der Waals surface area contributed by atoms with Crippen LogP contribution in [-0.4, -0.2) is 44.8 Å². The van der Waals surface area contributed by atoms with Gasteiger partial charge in [-0.15, -0.1) is 0 Å². The smallest absolute Gasteiger partial charge is 0.335 e. The summed E-state index contributed by atoms with van der Waals surface area (Å²) in [6, 6.07) is 8.72. The van der Waals surface area contributed by atoms with E-state index < -0.39 is 5.97 Å². The van der Waals surface area contributed by atoms with Gasteiger partial charge in [0.2, 0.25) is 0 Å². The molecule has 2 heterocycles. The number of hydrogen-bond acceptors (Lipinski definition) is 3. The lowest BCUT2D eigenvalue weighted by Gasteiger charge is -2.32. The van der Waals surface area contributed by atoms with E-state index in [2.05, 4.69) is 5.10 Å². The standard InChI is InChI=1S/C17H19N3O3/c1-19-9-7-15(18-19)16(21)20-8-3-6-14(11-20)12-4-2-5-13(10-12)17(22)23/h2,4-5,7,9-10,14H,3,6,8,11H2,1H3,(H,22,23). The summed E-state index contributed by atoms with van der Waals surface area (Å²) in [4.78, 5) is 25.5. The predicted octanol–water partition coefficient (Wildman–Crippen LogP) is 2.14. The van der Waals surface area contributed by atoms with Gasteiger partial charge in [0, 0.05) is 32.3 Å². The van der Waals surface area contributed by atoms with Crippen LogP contribution in [0.1, 0.15) is 45.2 Å². The molecule has 0 saturated carbocycles. The number of amides is 1. The first kappa shape index (κ1) is 15.3. The van der Waals surface area contributed by atoms with Crippen molar-refractivity contribution in [2.45, 2.75) is 18.8 Å². The second-order valence-corrected chi connectivity index (χ2v) is 5.90. The van der Waals surface area contributed by atoms with E-state index in [9.17, 15) is 9.59 Å². The molecule has 1 N–H and O–H groups in total. The third-order valence-electron chi connectivity index (χ3n) is 4.25. The topological polar surface area (TPSA) is 75.4 Å². The van der Waals surface area contributed by atoms with Crippen LogP contribution < -0.4 is 0 Å². The third kappa shape index (κ3) is 3.26. The quantitative estimate of drug-likeness (QED) is 0.942. The lowest BCUT2D eigenvalue weighted by molar-refractivity contribution is 0.0685. The van der Waals surface area contributed by atoms with Crippen molar-refractivity contribution in [2.75, 3.05) is 13.1 Å². The first-order valence-electron chi connectivity index (χ1n) is 7.67. The summed E-state index contributed by atoms with van der Waals surface area (Å²) < 4.78 is 1.62. The fourth-order valence-electron chi connectivity index (χ4n) is 3.05. The molecule has 1 saturated heterocycles. The first-order chi connectivity index (χ1) is 11.0. The zero-order valence-electron chi connectivity index (χ0n) is 13.0. The summed E-state index contributed by atoms with van der Waals surface area (Å²) in [5.74, 6) is -0.829. The fraction of sp³-hybridized carbons (Fsp3) is 0.353. The van der Waals surface area contributed by atoms with Crippen LogP contribution in [0, 0.1) is 0 Å². The zero-order chi connectivity index (χ0) is 16.4. The summed E-state index contributed by atoms with van der Waals surface area (Å²) in [5, 5.41) is 13.3. The molecule has 0 bridgehead atoms. The van der Waals surface area contributed by atoms with Crippen LogP contribution >= 0.6 is 0 Å². The molecule has 2 aromatic rings. The van der Waals surface area contributed by atoms with Crippen LogP contribution in [0.2, 0.25) is 0 Å². The Hall–Kier alpha value is -2.63. The Morgan fingerprint density at radius 2 is 2.13 bits per heavy atom. The lowest BCUT2D eigenvalue weighted by atomic mass is 9.89. The second-order valence-electron chi connectivity index (χ2n) is 5.90. The Morgan fingerprint density at radius 1 is 1.30 bits per heavy atom. The van der Waals surface area contributed by atoms with Gasteiger partial charge in [-0.3, -0.25) is 9.48 Å². The number of benzene rings is 1. The summed E-state index contributed by atoms with van der Waals surface area (Å²) in [7, 11) is 1.78. The molecule has 1 aliphatic rings. The summed E-state index contributed by atoms with van der Waals surface area (Å²) in [6.07, 6.45) is 3.61. The Bertz CT molecular complexity index is 738. The Morgan fingerprint density at radius 3 is 2.83 bits per heavy atom. The van der Waals surface area contributed by atoms with Crippen LogP contribution in [0.25, 0.3) is 0 Å². The number of rotatable bonds is 3. The zero-order valence-corrected chi connectivity index (χ0v) is 13.0. The minimum absolute atomic E-state index is 0.0651. The average molecular weight is 313 g/mol. The van der Waals surface area contributed by atoms with Crippen molar-refractivity contribution in [3.63, 3.8) is 0 Å². The molecule has 0 spiro atoms. The highest BCUT2D eigenvalue weighted by Crippen LogP contribution is 2.28. The maximum atomic E-state index is 12.5. The van der Waals surface area contributed by atoms with E-state index >= 15 is 0 Å². The van der Waals surface area contributed by atoms with Gasteiger partial charge in [0.25, 0.3) is 5.91 Å². The van der Waals surface area contributed by atoms with Crippen LogP contribution in [0.4, 0.5) is 0 Å². The third-order valence-corrected chi connectivity index (χ3v) is 4.25. The van der Waals surface area contributed by atoms with Crippen molar-refractivity contribution in [3.05, 3.63) is 53.3 Å². The molecule has 1 amide bonds. The number of aromatic nitrogens is 2. The normalized spacial score (nSPS) is 18.0. The Labute approximate surface area is 134 Å². The average Bonchev–Trinajstić information content (AvgIpc) is 3.01.